The van der Waals surface area contributed by atoms with Crippen molar-refractivity contribution in [2.45, 2.75) is 19.4 Å². The quantitative estimate of drug-likeness (QED) is 0.177. The molecule has 0 saturated carbocycles. The molecule has 1 unspecified atom stereocenters. The molecule has 1 aromatic heterocycles. The number of aromatic nitrogens is 2. The summed E-state index contributed by atoms with van der Waals surface area (Å²) >= 11 is 6.34. The van der Waals surface area contributed by atoms with Crippen molar-refractivity contribution < 1.29 is 4.92 Å². The fourth-order valence-corrected chi connectivity index (χ4v) is 4.90. The lowest BCUT2D eigenvalue weighted by atomic mass is 9.97. The summed E-state index contributed by atoms with van der Waals surface area (Å²) in [5.41, 5.74) is 6.21. The van der Waals surface area contributed by atoms with Crippen molar-refractivity contribution in [1.29, 1.82) is 0 Å². The molecule has 5 aromatic rings. The average molecular weight is 520 g/mol. The molecule has 0 saturated heterocycles. The van der Waals surface area contributed by atoms with Crippen molar-refractivity contribution in [3.63, 3.8) is 0 Å². The first-order valence-corrected chi connectivity index (χ1v) is 12.5. The lowest BCUT2D eigenvalue weighted by molar-refractivity contribution is -0.384. The van der Waals surface area contributed by atoms with Crippen LogP contribution in [0.4, 0.5) is 11.6 Å². The van der Waals surface area contributed by atoms with Gasteiger partial charge >= 0.3 is 0 Å². The third-order valence-electron chi connectivity index (χ3n) is 6.66. The minimum atomic E-state index is -0.381. The Hall–Kier alpha value is -4.62. The zero-order chi connectivity index (χ0) is 26.2. The first kappa shape index (κ1) is 23.8. The van der Waals surface area contributed by atoms with E-state index in [0.29, 0.717) is 17.4 Å². The zero-order valence-corrected chi connectivity index (χ0v) is 21.2. The van der Waals surface area contributed by atoms with Crippen LogP contribution in [0.1, 0.15) is 29.2 Å². The zero-order valence-electron chi connectivity index (χ0n) is 20.5. The molecule has 0 fully saturated rings. The monoisotopic (exact) mass is 519 g/mol. The number of nitro groups is 1. The van der Waals surface area contributed by atoms with E-state index in [1.54, 1.807) is 23.2 Å². The third-order valence-corrected chi connectivity index (χ3v) is 6.89. The highest BCUT2D eigenvalue weighted by Gasteiger charge is 2.33. The number of anilines is 1. The summed E-state index contributed by atoms with van der Waals surface area (Å²) < 4.78 is 0. The van der Waals surface area contributed by atoms with Gasteiger partial charge in [-0.3, -0.25) is 10.1 Å². The first-order valence-electron chi connectivity index (χ1n) is 12.2. The SMILES string of the molecule is Cc1ccc(C2=NN(c3nc(-c4ccccc4)c4cc(Cl)ccc4n3)C(c3cccc([N+](=O)[O-])c3)C2)cc1. The minimum absolute atomic E-state index is 0.0327. The van der Waals surface area contributed by atoms with Crippen molar-refractivity contribution in [2.24, 2.45) is 5.10 Å². The molecule has 1 aliphatic heterocycles. The smallest absolute Gasteiger partial charge is 0.258 e. The van der Waals surface area contributed by atoms with Gasteiger partial charge in [0.15, 0.2) is 0 Å². The maximum Gasteiger partial charge on any atom is 0.269 e. The van der Waals surface area contributed by atoms with Crippen LogP contribution in [0.3, 0.4) is 0 Å². The molecule has 186 valence electrons. The predicted octanol–water partition coefficient (Wildman–Crippen LogP) is 7.52. The third kappa shape index (κ3) is 4.48. The molecule has 2 heterocycles. The van der Waals surface area contributed by atoms with E-state index in [2.05, 4.69) is 0 Å². The molecule has 6 rings (SSSR count). The fourth-order valence-electron chi connectivity index (χ4n) is 4.73. The average Bonchev–Trinajstić information content (AvgIpc) is 3.39. The van der Waals surface area contributed by atoms with Crippen molar-refractivity contribution in [1.82, 2.24) is 9.97 Å². The van der Waals surface area contributed by atoms with Gasteiger partial charge in [0.05, 0.1) is 27.9 Å². The lowest BCUT2D eigenvalue weighted by Gasteiger charge is -2.23. The highest BCUT2D eigenvalue weighted by atomic mass is 35.5. The molecule has 0 aliphatic carbocycles. The van der Waals surface area contributed by atoms with Gasteiger partial charge in [0.25, 0.3) is 5.69 Å². The molecule has 8 heteroatoms. The largest absolute Gasteiger partial charge is 0.269 e. The summed E-state index contributed by atoms with van der Waals surface area (Å²) in [5.74, 6) is 0.414. The number of non-ortho nitro benzene ring substituents is 1. The number of nitro benzene ring substituents is 1. The highest BCUT2D eigenvalue weighted by molar-refractivity contribution is 6.31. The van der Waals surface area contributed by atoms with Crippen LogP contribution in [0.2, 0.25) is 5.02 Å². The van der Waals surface area contributed by atoms with E-state index in [1.165, 1.54) is 6.07 Å². The van der Waals surface area contributed by atoms with Gasteiger partial charge in [0.1, 0.15) is 0 Å². The van der Waals surface area contributed by atoms with Gasteiger partial charge in [0, 0.05) is 34.5 Å². The molecule has 1 atom stereocenters. The lowest BCUT2D eigenvalue weighted by Crippen LogP contribution is -2.21. The molecule has 38 heavy (non-hydrogen) atoms. The minimum Gasteiger partial charge on any atom is -0.258 e. The highest BCUT2D eigenvalue weighted by Crippen LogP contribution is 2.38. The number of nitrogens with zero attached hydrogens (tertiary/aromatic N) is 5. The Morgan fingerprint density at radius 1 is 0.895 bits per heavy atom. The van der Waals surface area contributed by atoms with Crippen LogP contribution >= 0.6 is 11.6 Å². The van der Waals surface area contributed by atoms with Gasteiger partial charge in [-0.15, -0.1) is 0 Å². The van der Waals surface area contributed by atoms with Crippen LogP contribution in [0.15, 0.2) is 102 Å². The first-order chi connectivity index (χ1) is 18.5. The van der Waals surface area contributed by atoms with Gasteiger partial charge in [-0.25, -0.2) is 15.0 Å². The summed E-state index contributed by atoms with van der Waals surface area (Å²) in [6.45, 7) is 2.04. The van der Waals surface area contributed by atoms with Crippen LogP contribution in [0.5, 0.6) is 0 Å². The van der Waals surface area contributed by atoms with E-state index in [-0.39, 0.29) is 16.7 Å². The number of hydrogen-bond donors (Lipinski definition) is 0. The Kier molecular flexibility index (Phi) is 6.05. The van der Waals surface area contributed by atoms with Crippen molar-refractivity contribution in [3.05, 3.63) is 129 Å². The number of hydrazone groups is 1. The number of aryl methyl sites for hydroxylation is 1. The van der Waals surface area contributed by atoms with E-state index >= 15 is 0 Å². The summed E-state index contributed by atoms with van der Waals surface area (Å²) in [5, 5.41) is 19.7. The van der Waals surface area contributed by atoms with Crippen LogP contribution in [-0.4, -0.2) is 20.6 Å². The topological polar surface area (TPSA) is 84.5 Å². The predicted molar refractivity (Wildman–Crippen MR) is 151 cm³/mol. The summed E-state index contributed by atoms with van der Waals surface area (Å²) in [4.78, 5) is 21.0. The Balaban J connectivity index is 1.54. The molecule has 0 spiro atoms. The summed E-state index contributed by atoms with van der Waals surface area (Å²) in [6, 6.07) is 30.0. The Bertz CT molecular complexity index is 1700. The molecule has 1 aliphatic rings. The van der Waals surface area contributed by atoms with Gasteiger partial charge in [-0.1, -0.05) is 83.9 Å². The fraction of sp³-hybridized carbons (Fsp3) is 0.100. The standard InChI is InChI=1S/C30H22ClN5O2/c1-19-10-12-20(13-11-19)27-18-28(22-8-5-9-24(16-22)36(37)38)35(34-27)30-32-26-15-14-23(31)17-25(26)29(33-30)21-6-3-2-4-7-21/h2-17,28H,18H2,1H3. The van der Waals surface area contributed by atoms with Crippen molar-refractivity contribution >= 4 is 39.9 Å². The second kappa shape index (κ2) is 9.68. The normalized spacial score (nSPS) is 15.1. The molecule has 4 aromatic carbocycles. The molecular formula is C30H22ClN5O2. The van der Waals surface area contributed by atoms with Gasteiger partial charge in [0.2, 0.25) is 5.95 Å². The van der Waals surface area contributed by atoms with Gasteiger partial charge in [-0.05, 0) is 36.2 Å². The molecule has 0 radical (unpaired) electrons. The molecule has 7 nitrogen and oxygen atoms in total. The van der Waals surface area contributed by atoms with E-state index in [0.717, 1.165) is 44.6 Å². The van der Waals surface area contributed by atoms with Gasteiger partial charge < -0.3 is 0 Å². The van der Waals surface area contributed by atoms with Crippen LogP contribution in [0.25, 0.3) is 22.2 Å². The van der Waals surface area contributed by atoms with E-state index in [1.807, 2.05) is 79.7 Å². The maximum atomic E-state index is 11.5. The number of halogens is 1. The Labute approximate surface area is 224 Å². The van der Waals surface area contributed by atoms with E-state index in [4.69, 9.17) is 26.7 Å². The Morgan fingerprint density at radius 2 is 1.68 bits per heavy atom. The van der Waals surface area contributed by atoms with Crippen LogP contribution < -0.4 is 5.01 Å². The number of benzene rings is 4. The Morgan fingerprint density at radius 3 is 2.45 bits per heavy atom. The van der Waals surface area contributed by atoms with Crippen LogP contribution in [0, 0.1) is 17.0 Å². The second-order valence-corrected chi connectivity index (χ2v) is 9.67. The number of rotatable bonds is 5. The molecule has 0 N–H and O–H groups in total. The van der Waals surface area contributed by atoms with Gasteiger partial charge in [-0.2, -0.15) is 5.10 Å². The molecular weight excluding hydrogens is 498 g/mol. The molecule has 0 amide bonds. The van der Waals surface area contributed by atoms with E-state index in [9.17, 15) is 10.1 Å². The summed E-state index contributed by atoms with van der Waals surface area (Å²) in [6.07, 6.45) is 0.549. The van der Waals surface area contributed by atoms with Crippen molar-refractivity contribution in [2.75, 3.05) is 5.01 Å². The van der Waals surface area contributed by atoms with Crippen molar-refractivity contribution in [3.8, 4) is 11.3 Å². The van der Waals surface area contributed by atoms with E-state index < -0.39 is 0 Å². The maximum absolute atomic E-state index is 11.5. The number of fused-ring (bicyclic) bond motifs is 1. The molecule has 0 bridgehead atoms. The summed E-state index contributed by atoms with van der Waals surface area (Å²) in [7, 11) is 0. The number of hydrogen-bond acceptors (Lipinski definition) is 6. The second-order valence-electron chi connectivity index (χ2n) is 9.23. The van der Waals surface area contributed by atoms with Crippen LogP contribution in [-0.2, 0) is 0 Å².